The van der Waals surface area contributed by atoms with E-state index in [1.54, 1.807) is 0 Å². The van der Waals surface area contributed by atoms with E-state index in [9.17, 15) is 4.79 Å². The van der Waals surface area contributed by atoms with Crippen LogP contribution in [0.2, 0.25) is 0 Å². The lowest BCUT2D eigenvalue weighted by atomic mass is 10.0. The van der Waals surface area contributed by atoms with Crippen molar-refractivity contribution in [3.05, 3.63) is 0 Å². The average Bonchev–Trinajstić information content (AvgIpc) is 2.60. The second-order valence-corrected chi connectivity index (χ2v) is 7.94. The molecule has 0 saturated carbocycles. The lowest BCUT2D eigenvalue weighted by Crippen LogP contribution is -2.56. The molecule has 24 heavy (non-hydrogen) atoms. The van der Waals surface area contributed by atoms with Gasteiger partial charge in [0.25, 0.3) is 0 Å². The van der Waals surface area contributed by atoms with Crippen molar-refractivity contribution in [2.45, 2.75) is 45.6 Å². The highest BCUT2D eigenvalue weighted by Gasteiger charge is 2.28. The van der Waals surface area contributed by atoms with E-state index in [1.807, 2.05) is 0 Å². The zero-order chi connectivity index (χ0) is 17.4. The highest BCUT2D eigenvalue weighted by atomic mass is 16.5. The van der Waals surface area contributed by atoms with Gasteiger partial charge in [0.05, 0.1) is 13.2 Å². The number of hydrogen-bond acceptors (Lipinski definition) is 4. The quantitative estimate of drug-likeness (QED) is 0.738. The molecular formula is C18H36N4O2. The highest BCUT2D eigenvalue weighted by Crippen LogP contribution is 2.15. The zero-order valence-corrected chi connectivity index (χ0v) is 15.8. The maximum Gasteiger partial charge on any atom is 0.314 e. The Kier molecular flexibility index (Phi) is 7.78. The van der Waals surface area contributed by atoms with Crippen molar-refractivity contribution in [2.75, 3.05) is 59.0 Å². The van der Waals surface area contributed by atoms with Crippen LogP contribution in [-0.4, -0.2) is 80.4 Å². The average molecular weight is 341 g/mol. The number of morpholine rings is 1. The minimum atomic E-state index is -0.0539. The van der Waals surface area contributed by atoms with Gasteiger partial charge in [-0.15, -0.1) is 0 Å². The number of carbonyl (C=O) groups is 1. The topological polar surface area (TPSA) is 56.8 Å². The fraction of sp³-hybridized carbons (Fsp3) is 0.944. The van der Waals surface area contributed by atoms with Gasteiger partial charge in [-0.1, -0.05) is 13.3 Å². The third-order valence-corrected chi connectivity index (χ3v) is 5.18. The Morgan fingerprint density at radius 3 is 2.42 bits per heavy atom. The molecule has 2 aliphatic heterocycles. The van der Waals surface area contributed by atoms with Crippen LogP contribution >= 0.6 is 0 Å². The van der Waals surface area contributed by atoms with Crippen LogP contribution in [0, 0.1) is 5.92 Å². The Morgan fingerprint density at radius 1 is 1.08 bits per heavy atom. The van der Waals surface area contributed by atoms with Crippen LogP contribution in [0.4, 0.5) is 4.79 Å². The molecule has 0 radical (unpaired) electrons. The number of urea groups is 1. The summed E-state index contributed by atoms with van der Waals surface area (Å²) in [6, 6.07) is -0.0539. The molecule has 2 aliphatic rings. The van der Waals surface area contributed by atoms with E-state index in [0.29, 0.717) is 12.5 Å². The summed E-state index contributed by atoms with van der Waals surface area (Å²) in [6.07, 6.45) is 4.00. The number of rotatable bonds is 7. The molecule has 6 nitrogen and oxygen atoms in total. The second kappa shape index (κ2) is 9.59. The fourth-order valence-electron chi connectivity index (χ4n) is 3.55. The number of amides is 2. The molecule has 0 aliphatic carbocycles. The number of hydrogen-bond donors (Lipinski definition) is 2. The van der Waals surface area contributed by atoms with Gasteiger partial charge >= 0.3 is 6.03 Å². The summed E-state index contributed by atoms with van der Waals surface area (Å²) in [5.74, 6) is 0.487. The molecule has 2 heterocycles. The van der Waals surface area contributed by atoms with E-state index >= 15 is 0 Å². The third-order valence-electron chi connectivity index (χ3n) is 5.18. The molecule has 140 valence electrons. The minimum Gasteiger partial charge on any atom is -0.379 e. The molecule has 0 aromatic heterocycles. The Bertz CT molecular complexity index is 377. The van der Waals surface area contributed by atoms with Crippen molar-refractivity contribution in [1.29, 1.82) is 0 Å². The van der Waals surface area contributed by atoms with Crippen LogP contribution in [0.3, 0.4) is 0 Å². The standard InChI is InChI=1S/C18H36N4O2/c1-16(14-21-7-5-4-6-8-21)13-19-17(23)20-15-18(2,3)22-9-11-24-12-10-22/h16H,4-15H2,1-3H3,(H2,19,20,23). The molecule has 2 rings (SSSR count). The van der Waals surface area contributed by atoms with Crippen molar-refractivity contribution in [3.8, 4) is 0 Å². The lowest BCUT2D eigenvalue weighted by molar-refractivity contribution is -0.00875. The summed E-state index contributed by atoms with van der Waals surface area (Å²) in [7, 11) is 0. The third kappa shape index (κ3) is 6.57. The van der Waals surface area contributed by atoms with Crippen molar-refractivity contribution in [3.63, 3.8) is 0 Å². The number of likely N-dealkylation sites (tertiary alicyclic amines) is 1. The summed E-state index contributed by atoms with van der Waals surface area (Å²) in [5.41, 5.74) is -0.0411. The second-order valence-electron chi connectivity index (χ2n) is 7.94. The van der Waals surface area contributed by atoms with Gasteiger partial charge in [-0.05, 0) is 45.7 Å². The summed E-state index contributed by atoms with van der Waals surface area (Å²) in [4.78, 5) is 17.0. The van der Waals surface area contributed by atoms with Crippen molar-refractivity contribution >= 4 is 6.03 Å². The van der Waals surface area contributed by atoms with Gasteiger partial charge in [0.2, 0.25) is 0 Å². The van der Waals surface area contributed by atoms with Gasteiger partial charge in [-0.3, -0.25) is 4.90 Å². The molecule has 1 atom stereocenters. The molecule has 0 aromatic rings. The number of nitrogens with one attached hydrogen (secondary N) is 2. The number of nitrogens with zero attached hydrogens (tertiary/aromatic N) is 2. The molecule has 6 heteroatoms. The summed E-state index contributed by atoms with van der Waals surface area (Å²) >= 11 is 0. The van der Waals surface area contributed by atoms with E-state index in [2.05, 4.69) is 41.2 Å². The molecule has 2 fully saturated rings. The molecule has 1 unspecified atom stereocenters. The van der Waals surface area contributed by atoms with Gasteiger partial charge in [0.1, 0.15) is 0 Å². The predicted octanol–water partition coefficient (Wildman–Crippen LogP) is 1.52. The highest BCUT2D eigenvalue weighted by molar-refractivity contribution is 5.73. The fourth-order valence-corrected chi connectivity index (χ4v) is 3.55. The van der Waals surface area contributed by atoms with Crippen LogP contribution in [0.1, 0.15) is 40.0 Å². The maximum absolute atomic E-state index is 12.1. The Labute approximate surface area is 147 Å². The SMILES string of the molecule is CC(CNC(=O)NCC(C)(C)N1CCOCC1)CN1CCCCC1. The van der Waals surface area contributed by atoms with Gasteiger partial charge in [0.15, 0.2) is 0 Å². The van der Waals surface area contributed by atoms with Gasteiger partial charge in [-0.25, -0.2) is 4.79 Å². The monoisotopic (exact) mass is 340 g/mol. The number of carbonyl (C=O) groups excluding carboxylic acids is 1. The van der Waals surface area contributed by atoms with Crippen LogP contribution in [0.15, 0.2) is 0 Å². The lowest BCUT2D eigenvalue weighted by Gasteiger charge is -2.40. The van der Waals surface area contributed by atoms with Crippen molar-refractivity contribution < 1.29 is 9.53 Å². The summed E-state index contributed by atoms with van der Waals surface area (Å²) in [6.45, 7) is 14.9. The van der Waals surface area contributed by atoms with Gasteiger partial charge in [0, 0.05) is 38.3 Å². The van der Waals surface area contributed by atoms with Gasteiger partial charge < -0.3 is 20.3 Å². The molecule has 0 spiro atoms. The first-order valence-electron chi connectivity index (χ1n) is 9.54. The minimum absolute atomic E-state index is 0.0411. The van der Waals surface area contributed by atoms with E-state index in [-0.39, 0.29) is 11.6 Å². The van der Waals surface area contributed by atoms with Crippen LogP contribution in [-0.2, 0) is 4.74 Å². The maximum atomic E-state index is 12.1. The number of piperidine rings is 1. The number of ether oxygens (including phenoxy) is 1. The Morgan fingerprint density at radius 2 is 1.75 bits per heavy atom. The predicted molar refractivity (Wildman–Crippen MR) is 97.3 cm³/mol. The summed E-state index contributed by atoms with van der Waals surface area (Å²) < 4.78 is 5.40. The Balaban J connectivity index is 1.61. The first-order valence-corrected chi connectivity index (χ1v) is 9.54. The normalized spacial score (nSPS) is 22.1. The first-order chi connectivity index (χ1) is 11.5. The Hall–Kier alpha value is -0.850. The van der Waals surface area contributed by atoms with Crippen molar-refractivity contribution in [2.24, 2.45) is 5.92 Å². The smallest absolute Gasteiger partial charge is 0.314 e. The van der Waals surface area contributed by atoms with Crippen LogP contribution in [0.25, 0.3) is 0 Å². The molecule has 0 bridgehead atoms. The molecule has 2 amide bonds. The van der Waals surface area contributed by atoms with Crippen molar-refractivity contribution in [1.82, 2.24) is 20.4 Å². The first kappa shape index (κ1) is 19.5. The van der Waals surface area contributed by atoms with E-state index in [0.717, 1.165) is 39.4 Å². The van der Waals surface area contributed by atoms with Gasteiger partial charge in [-0.2, -0.15) is 0 Å². The summed E-state index contributed by atoms with van der Waals surface area (Å²) in [5, 5.41) is 6.06. The van der Waals surface area contributed by atoms with Crippen LogP contribution < -0.4 is 10.6 Å². The van der Waals surface area contributed by atoms with E-state index in [1.165, 1.54) is 32.4 Å². The van der Waals surface area contributed by atoms with Crippen LogP contribution in [0.5, 0.6) is 0 Å². The molecule has 0 aromatic carbocycles. The van der Waals surface area contributed by atoms with E-state index in [4.69, 9.17) is 4.74 Å². The zero-order valence-electron chi connectivity index (χ0n) is 15.8. The largest absolute Gasteiger partial charge is 0.379 e. The van der Waals surface area contributed by atoms with E-state index < -0.39 is 0 Å². The molecular weight excluding hydrogens is 304 g/mol. The molecule has 2 N–H and O–H groups in total. The molecule has 2 saturated heterocycles.